The van der Waals surface area contributed by atoms with Gasteiger partial charge < -0.3 is 19.7 Å². The summed E-state index contributed by atoms with van der Waals surface area (Å²) in [4.78, 5) is 45.0. The highest BCUT2D eigenvalue weighted by atomic mass is 16.2. The number of H-pyrrole nitrogens is 1. The smallest absolute Gasteiger partial charge is 0.256 e. The van der Waals surface area contributed by atoms with Crippen LogP contribution in [0.2, 0.25) is 0 Å². The summed E-state index contributed by atoms with van der Waals surface area (Å²) in [5, 5.41) is 0.816. The number of nitrogens with zero attached hydrogens (tertiary/aromatic N) is 5. The molecule has 6 rings (SSSR count). The monoisotopic (exact) mass is 486 g/mol. The van der Waals surface area contributed by atoms with Gasteiger partial charge in [0.1, 0.15) is 5.82 Å². The molecule has 2 saturated heterocycles. The quantitative estimate of drug-likeness (QED) is 0.606. The van der Waals surface area contributed by atoms with E-state index in [4.69, 9.17) is 0 Å². The number of anilines is 1. The number of rotatable bonds is 3. The first-order valence-corrected chi connectivity index (χ1v) is 12.9. The highest BCUT2D eigenvalue weighted by Crippen LogP contribution is 2.52. The fourth-order valence-corrected chi connectivity index (χ4v) is 7.06. The molecule has 1 N–H and O–H groups in total. The third kappa shape index (κ3) is 4.02. The van der Waals surface area contributed by atoms with E-state index in [0.29, 0.717) is 43.3 Å². The van der Waals surface area contributed by atoms with Crippen LogP contribution in [0.4, 0.5) is 5.82 Å². The normalized spacial score (nSPS) is 25.4. The van der Waals surface area contributed by atoms with E-state index >= 15 is 0 Å². The van der Waals surface area contributed by atoms with Gasteiger partial charge in [-0.3, -0.25) is 14.6 Å². The zero-order chi connectivity index (χ0) is 25.1. The van der Waals surface area contributed by atoms with Crippen molar-refractivity contribution < 1.29 is 9.59 Å². The predicted octanol–water partition coefficient (Wildman–Crippen LogP) is 3.96. The topological polar surface area (TPSA) is 85.4 Å². The van der Waals surface area contributed by atoms with Crippen LogP contribution in [0.15, 0.2) is 43.0 Å². The first-order valence-electron chi connectivity index (χ1n) is 12.9. The van der Waals surface area contributed by atoms with E-state index < -0.39 is 0 Å². The highest BCUT2D eigenvalue weighted by Gasteiger charge is 2.51. The van der Waals surface area contributed by atoms with Gasteiger partial charge >= 0.3 is 0 Å². The Morgan fingerprint density at radius 1 is 1.03 bits per heavy atom. The maximum absolute atomic E-state index is 13.7. The molecule has 3 fully saturated rings. The summed E-state index contributed by atoms with van der Waals surface area (Å²) in [6.45, 7) is 10.4. The van der Waals surface area contributed by atoms with Crippen molar-refractivity contribution in [3.05, 3.63) is 54.1 Å². The van der Waals surface area contributed by atoms with Crippen molar-refractivity contribution in [2.24, 2.45) is 10.8 Å². The van der Waals surface area contributed by atoms with Crippen LogP contribution in [0.1, 0.15) is 60.7 Å². The summed E-state index contributed by atoms with van der Waals surface area (Å²) < 4.78 is 0. The molecule has 36 heavy (non-hydrogen) atoms. The van der Waals surface area contributed by atoms with Crippen LogP contribution >= 0.6 is 0 Å². The van der Waals surface area contributed by atoms with Gasteiger partial charge in [0.25, 0.3) is 11.8 Å². The Morgan fingerprint density at radius 3 is 2.58 bits per heavy atom. The SMILES string of the molecule is CC1(C)CC2CC(C)(CN2C(=O)c2ccc3[nH]cc(C(=O)N4CCN(c5cnccn5)CC4)c3c2)C1. The summed E-state index contributed by atoms with van der Waals surface area (Å²) in [7, 11) is 0. The zero-order valence-electron chi connectivity index (χ0n) is 21.3. The van der Waals surface area contributed by atoms with E-state index in [2.05, 4.69) is 45.5 Å². The summed E-state index contributed by atoms with van der Waals surface area (Å²) >= 11 is 0. The molecule has 3 aromatic rings. The lowest BCUT2D eigenvalue weighted by Crippen LogP contribution is -2.49. The van der Waals surface area contributed by atoms with Crippen LogP contribution < -0.4 is 4.90 Å². The maximum Gasteiger partial charge on any atom is 0.256 e. The Balaban J connectivity index is 1.21. The third-order valence-corrected chi connectivity index (χ3v) is 8.28. The van der Waals surface area contributed by atoms with E-state index in [1.807, 2.05) is 23.1 Å². The van der Waals surface area contributed by atoms with Crippen LogP contribution in [0.3, 0.4) is 0 Å². The molecular formula is C28H34N6O2. The summed E-state index contributed by atoms with van der Waals surface area (Å²) in [6.07, 6.45) is 10.2. The van der Waals surface area contributed by atoms with Crippen molar-refractivity contribution in [2.45, 2.75) is 46.1 Å². The third-order valence-electron chi connectivity index (χ3n) is 8.28. The van der Waals surface area contributed by atoms with Gasteiger partial charge in [-0.2, -0.15) is 0 Å². The molecule has 2 amide bonds. The molecule has 1 aliphatic carbocycles. The van der Waals surface area contributed by atoms with Gasteiger partial charge in [-0.25, -0.2) is 4.98 Å². The van der Waals surface area contributed by atoms with E-state index in [1.54, 1.807) is 24.8 Å². The standard InChI is InChI=1S/C28H34N6O2/c1-27(2)13-20-14-28(3,17-27)18-34(20)25(35)19-4-5-23-21(12-19)22(15-31-23)26(36)33-10-8-32(9-11-33)24-16-29-6-7-30-24/h4-7,12,15-16,20,31H,8-11,13-14,17-18H2,1-3H3. The van der Waals surface area contributed by atoms with Gasteiger partial charge in [-0.05, 0) is 48.3 Å². The highest BCUT2D eigenvalue weighted by molar-refractivity contribution is 6.09. The predicted molar refractivity (Wildman–Crippen MR) is 139 cm³/mol. The summed E-state index contributed by atoms with van der Waals surface area (Å²) in [6, 6.07) is 6.02. The van der Waals surface area contributed by atoms with Gasteiger partial charge in [0.2, 0.25) is 0 Å². The van der Waals surface area contributed by atoms with Crippen LogP contribution in [0, 0.1) is 10.8 Å². The lowest BCUT2D eigenvalue weighted by Gasteiger charge is -2.39. The molecule has 2 aromatic heterocycles. The fraction of sp³-hybridized carbons (Fsp3) is 0.500. The number of fused-ring (bicyclic) bond motifs is 3. The van der Waals surface area contributed by atoms with Crippen molar-refractivity contribution in [3.8, 4) is 0 Å². The maximum atomic E-state index is 13.7. The van der Waals surface area contributed by atoms with Crippen LogP contribution in [-0.4, -0.2) is 75.3 Å². The van der Waals surface area contributed by atoms with Crippen molar-refractivity contribution in [1.29, 1.82) is 0 Å². The van der Waals surface area contributed by atoms with Crippen molar-refractivity contribution in [3.63, 3.8) is 0 Å². The molecule has 4 heterocycles. The van der Waals surface area contributed by atoms with Crippen molar-refractivity contribution >= 4 is 28.5 Å². The molecule has 1 saturated carbocycles. The molecular weight excluding hydrogens is 452 g/mol. The number of hydrogen-bond donors (Lipinski definition) is 1. The van der Waals surface area contributed by atoms with Gasteiger partial charge in [-0.1, -0.05) is 20.8 Å². The average Bonchev–Trinajstić information content (AvgIpc) is 3.40. The number of carbonyl (C=O) groups is 2. The number of carbonyl (C=O) groups excluding carboxylic acids is 2. The van der Waals surface area contributed by atoms with E-state index in [9.17, 15) is 9.59 Å². The minimum absolute atomic E-state index is 0.00376. The van der Waals surface area contributed by atoms with Gasteiger partial charge in [0.05, 0.1) is 11.8 Å². The summed E-state index contributed by atoms with van der Waals surface area (Å²) in [5.74, 6) is 0.917. The lowest BCUT2D eigenvalue weighted by atomic mass is 9.65. The molecule has 2 aliphatic heterocycles. The van der Waals surface area contributed by atoms with Crippen LogP contribution in [0.25, 0.3) is 10.9 Å². The second kappa shape index (κ2) is 8.32. The minimum atomic E-state index is -0.00376. The summed E-state index contributed by atoms with van der Waals surface area (Å²) in [5.41, 5.74) is 2.61. The Bertz CT molecular complexity index is 1310. The fourth-order valence-electron chi connectivity index (χ4n) is 7.06. The zero-order valence-corrected chi connectivity index (χ0v) is 21.3. The number of benzene rings is 1. The molecule has 0 spiro atoms. The number of piperazine rings is 1. The number of nitrogens with one attached hydrogen (secondary N) is 1. The van der Waals surface area contributed by atoms with Crippen molar-refractivity contribution in [1.82, 2.24) is 24.8 Å². The van der Waals surface area contributed by atoms with Gasteiger partial charge in [-0.15, -0.1) is 0 Å². The lowest BCUT2D eigenvalue weighted by molar-refractivity contribution is 0.0706. The number of aromatic amines is 1. The van der Waals surface area contributed by atoms with E-state index in [-0.39, 0.29) is 22.6 Å². The van der Waals surface area contributed by atoms with E-state index in [1.165, 1.54) is 0 Å². The second-order valence-corrected chi connectivity index (χ2v) is 12.0. The van der Waals surface area contributed by atoms with Gasteiger partial charge in [0, 0.05) is 73.8 Å². The first kappa shape index (κ1) is 23.0. The number of likely N-dealkylation sites (tertiary alicyclic amines) is 1. The molecule has 2 bridgehead atoms. The largest absolute Gasteiger partial charge is 0.360 e. The Kier molecular flexibility index (Phi) is 5.32. The minimum Gasteiger partial charge on any atom is -0.360 e. The molecule has 188 valence electrons. The second-order valence-electron chi connectivity index (χ2n) is 12.0. The molecule has 8 heteroatoms. The van der Waals surface area contributed by atoms with Gasteiger partial charge in [0.15, 0.2) is 0 Å². The van der Waals surface area contributed by atoms with Crippen molar-refractivity contribution in [2.75, 3.05) is 37.6 Å². The molecule has 0 radical (unpaired) electrons. The first-order chi connectivity index (χ1) is 17.2. The molecule has 2 atom stereocenters. The Labute approximate surface area is 211 Å². The Hall–Kier alpha value is -3.42. The van der Waals surface area contributed by atoms with Crippen LogP contribution in [0.5, 0.6) is 0 Å². The van der Waals surface area contributed by atoms with E-state index in [0.717, 1.165) is 42.5 Å². The van der Waals surface area contributed by atoms with Crippen LogP contribution in [-0.2, 0) is 0 Å². The molecule has 2 unspecified atom stereocenters. The average molecular weight is 487 g/mol. The number of amides is 2. The number of hydrogen-bond acceptors (Lipinski definition) is 5. The molecule has 8 nitrogen and oxygen atoms in total. The molecule has 3 aliphatic rings. The molecule has 1 aromatic carbocycles. The Morgan fingerprint density at radius 2 is 1.83 bits per heavy atom. The number of aromatic nitrogens is 3.